The van der Waals surface area contributed by atoms with Gasteiger partial charge in [0, 0.05) is 18.9 Å². The van der Waals surface area contributed by atoms with Crippen molar-refractivity contribution in [1.82, 2.24) is 5.32 Å². The number of hydrogen-bond acceptors (Lipinski definition) is 1. The number of nitrogens with one attached hydrogen (secondary N) is 1. The van der Waals surface area contributed by atoms with Crippen LogP contribution >= 0.6 is 0 Å². The fourth-order valence-electron chi connectivity index (χ4n) is 3.40. The molecule has 0 aromatic rings. The predicted octanol–water partition coefficient (Wildman–Crippen LogP) is 3.98. The lowest BCUT2D eigenvalue weighted by atomic mass is 9.73. The molecule has 2 fully saturated rings. The van der Waals surface area contributed by atoms with Gasteiger partial charge in [-0.05, 0) is 37.1 Å². The molecule has 17 heavy (non-hydrogen) atoms. The summed E-state index contributed by atoms with van der Waals surface area (Å²) in [6.07, 6.45) is 5.92. The first-order valence-electron chi connectivity index (χ1n) is 7.00. The maximum Gasteiger partial charge on any atom is 0.248 e. The van der Waals surface area contributed by atoms with Crippen LogP contribution < -0.4 is 5.32 Å². The monoisotopic (exact) mass is 245 g/mol. The molecule has 0 radical (unpaired) electrons. The quantitative estimate of drug-likeness (QED) is 0.793. The first-order valence-corrected chi connectivity index (χ1v) is 7.00. The molecule has 2 aliphatic rings. The lowest BCUT2D eigenvalue weighted by Gasteiger charge is -2.39. The summed E-state index contributed by atoms with van der Waals surface area (Å²) in [7, 11) is 0. The Morgan fingerprint density at radius 3 is 2.47 bits per heavy atom. The van der Waals surface area contributed by atoms with Crippen LogP contribution in [0.4, 0.5) is 8.78 Å². The molecule has 0 aromatic carbocycles. The third kappa shape index (κ3) is 3.40. The van der Waals surface area contributed by atoms with Crippen LogP contribution in [0.2, 0.25) is 0 Å². The van der Waals surface area contributed by atoms with Crippen molar-refractivity contribution >= 4 is 0 Å². The summed E-state index contributed by atoms with van der Waals surface area (Å²) in [5.74, 6) is -2.21. The molecule has 100 valence electrons. The van der Waals surface area contributed by atoms with Gasteiger partial charge in [0.1, 0.15) is 0 Å². The molecule has 2 rings (SSSR count). The van der Waals surface area contributed by atoms with E-state index in [9.17, 15) is 8.78 Å². The normalized spacial score (nSPS) is 36.0. The van der Waals surface area contributed by atoms with E-state index in [-0.39, 0.29) is 18.8 Å². The van der Waals surface area contributed by atoms with Crippen LogP contribution in [-0.4, -0.2) is 18.5 Å². The van der Waals surface area contributed by atoms with Crippen LogP contribution in [0.1, 0.15) is 58.8 Å². The summed E-state index contributed by atoms with van der Waals surface area (Å²) in [5, 5.41) is 3.56. The van der Waals surface area contributed by atoms with Crippen molar-refractivity contribution in [2.24, 2.45) is 11.3 Å². The third-order valence-electron chi connectivity index (χ3n) is 4.67. The van der Waals surface area contributed by atoms with Gasteiger partial charge in [-0.15, -0.1) is 0 Å². The Bertz CT molecular complexity index is 263. The minimum atomic E-state index is -2.39. The van der Waals surface area contributed by atoms with E-state index in [0.29, 0.717) is 17.9 Å². The van der Waals surface area contributed by atoms with Gasteiger partial charge >= 0.3 is 0 Å². The van der Waals surface area contributed by atoms with Gasteiger partial charge in [0.05, 0.1) is 0 Å². The van der Waals surface area contributed by atoms with Crippen LogP contribution in [0.25, 0.3) is 0 Å². The number of halogens is 2. The highest BCUT2D eigenvalue weighted by molar-refractivity contribution is 4.90. The maximum absolute atomic E-state index is 13.1. The van der Waals surface area contributed by atoms with Gasteiger partial charge in [-0.25, -0.2) is 8.78 Å². The highest BCUT2D eigenvalue weighted by Crippen LogP contribution is 2.39. The Morgan fingerprint density at radius 1 is 1.12 bits per heavy atom. The molecule has 0 bridgehead atoms. The second-order valence-corrected chi connectivity index (χ2v) is 6.66. The first-order chi connectivity index (χ1) is 7.89. The van der Waals surface area contributed by atoms with Crippen LogP contribution in [0.3, 0.4) is 0 Å². The molecule has 2 saturated carbocycles. The van der Waals surface area contributed by atoms with Crippen molar-refractivity contribution in [3.8, 4) is 0 Å². The van der Waals surface area contributed by atoms with E-state index >= 15 is 0 Å². The number of hydrogen-bond donors (Lipinski definition) is 1. The maximum atomic E-state index is 13.1. The highest BCUT2D eigenvalue weighted by Gasteiger charge is 2.40. The van der Waals surface area contributed by atoms with Crippen molar-refractivity contribution in [2.75, 3.05) is 6.54 Å². The lowest BCUT2D eigenvalue weighted by molar-refractivity contribution is 0.00470. The molecule has 0 aromatic heterocycles. The Morgan fingerprint density at radius 2 is 1.88 bits per heavy atom. The first kappa shape index (κ1) is 13.3. The molecule has 2 aliphatic carbocycles. The summed E-state index contributed by atoms with van der Waals surface area (Å²) < 4.78 is 26.2. The molecule has 0 spiro atoms. The fraction of sp³-hybridized carbons (Fsp3) is 1.00. The summed E-state index contributed by atoms with van der Waals surface area (Å²) in [6, 6.07) is 0.519. The standard InChI is InChI=1S/C14H25F2N/c1-13(2)7-4-3-5-12(13)17-10-11-6-8-14(15,16)9-11/h11-12,17H,3-10H2,1-2H3. The second kappa shape index (κ2) is 4.83. The second-order valence-electron chi connectivity index (χ2n) is 6.66. The molecule has 0 aliphatic heterocycles. The molecule has 1 nitrogen and oxygen atoms in total. The summed E-state index contributed by atoms with van der Waals surface area (Å²) >= 11 is 0. The van der Waals surface area contributed by atoms with E-state index < -0.39 is 5.92 Å². The summed E-state index contributed by atoms with van der Waals surface area (Å²) in [4.78, 5) is 0. The highest BCUT2D eigenvalue weighted by atomic mass is 19.3. The molecular formula is C14H25F2N. The molecule has 2 unspecified atom stereocenters. The molecule has 3 heteroatoms. The smallest absolute Gasteiger partial charge is 0.248 e. The van der Waals surface area contributed by atoms with Gasteiger partial charge in [-0.2, -0.15) is 0 Å². The zero-order valence-electron chi connectivity index (χ0n) is 11.1. The summed E-state index contributed by atoms with van der Waals surface area (Å²) in [6.45, 7) is 5.38. The van der Waals surface area contributed by atoms with E-state index in [4.69, 9.17) is 0 Å². The van der Waals surface area contributed by atoms with Gasteiger partial charge < -0.3 is 5.32 Å². The zero-order chi connectivity index (χ0) is 12.5. The minimum absolute atomic E-state index is 0.0904. The van der Waals surface area contributed by atoms with Gasteiger partial charge in [0.2, 0.25) is 5.92 Å². The van der Waals surface area contributed by atoms with E-state index in [1.54, 1.807) is 0 Å². The van der Waals surface area contributed by atoms with Crippen molar-refractivity contribution in [3.05, 3.63) is 0 Å². The van der Waals surface area contributed by atoms with E-state index in [2.05, 4.69) is 19.2 Å². The minimum Gasteiger partial charge on any atom is -0.313 e. The third-order valence-corrected chi connectivity index (χ3v) is 4.67. The molecule has 1 N–H and O–H groups in total. The Labute approximate surface area is 103 Å². The average Bonchev–Trinajstić information content (AvgIpc) is 2.56. The predicted molar refractivity (Wildman–Crippen MR) is 66.3 cm³/mol. The topological polar surface area (TPSA) is 12.0 Å². The van der Waals surface area contributed by atoms with Gasteiger partial charge in [0.25, 0.3) is 0 Å². The molecule has 0 saturated heterocycles. The van der Waals surface area contributed by atoms with E-state index in [1.807, 2.05) is 0 Å². The molecule has 2 atom stereocenters. The summed E-state index contributed by atoms with van der Waals surface area (Å²) in [5.41, 5.74) is 0.333. The lowest BCUT2D eigenvalue weighted by Crippen LogP contribution is -2.45. The van der Waals surface area contributed by atoms with Crippen LogP contribution in [0.5, 0.6) is 0 Å². The van der Waals surface area contributed by atoms with Gasteiger partial charge in [0.15, 0.2) is 0 Å². The van der Waals surface area contributed by atoms with E-state index in [0.717, 1.165) is 6.54 Å². The largest absolute Gasteiger partial charge is 0.313 e. The molecule has 0 heterocycles. The fourth-order valence-corrected chi connectivity index (χ4v) is 3.40. The molecule has 0 amide bonds. The Kier molecular flexibility index (Phi) is 3.77. The number of rotatable bonds is 3. The SMILES string of the molecule is CC1(C)CCCCC1NCC1CCC(F)(F)C1. The van der Waals surface area contributed by atoms with Crippen molar-refractivity contribution in [3.63, 3.8) is 0 Å². The van der Waals surface area contributed by atoms with E-state index in [1.165, 1.54) is 25.7 Å². The average molecular weight is 245 g/mol. The van der Waals surface area contributed by atoms with Crippen molar-refractivity contribution in [2.45, 2.75) is 70.8 Å². The van der Waals surface area contributed by atoms with Gasteiger partial charge in [-0.3, -0.25) is 0 Å². The van der Waals surface area contributed by atoms with Crippen LogP contribution in [0.15, 0.2) is 0 Å². The van der Waals surface area contributed by atoms with Crippen LogP contribution in [-0.2, 0) is 0 Å². The van der Waals surface area contributed by atoms with Crippen LogP contribution in [0, 0.1) is 11.3 Å². The number of alkyl halides is 2. The zero-order valence-corrected chi connectivity index (χ0v) is 11.1. The van der Waals surface area contributed by atoms with Crippen molar-refractivity contribution < 1.29 is 8.78 Å². The molecular weight excluding hydrogens is 220 g/mol. The Balaban J connectivity index is 1.78. The Hall–Kier alpha value is -0.180. The van der Waals surface area contributed by atoms with Gasteiger partial charge in [-0.1, -0.05) is 26.7 Å². The van der Waals surface area contributed by atoms with Crippen molar-refractivity contribution in [1.29, 1.82) is 0 Å².